The average Bonchev–Trinajstić information content (AvgIpc) is 3.11. The Morgan fingerprint density at radius 3 is 2.88 bits per heavy atom. The van der Waals surface area contributed by atoms with Crippen LogP contribution in [0.2, 0.25) is 5.02 Å². The Morgan fingerprint density at radius 2 is 2.25 bits per heavy atom. The van der Waals surface area contributed by atoms with Gasteiger partial charge in [-0.3, -0.25) is 9.78 Å². The normalized spacial score (nSPS) is 35.9. The molecule has 4 atom stereocenters. The van der Waals surface area contributed by atoms with Crippen molar-refractivity contribution < 1.29 is 0 Å². The number of H-pyrrole nitrogens is 1. The standard InChI is InChI=1S/C11H14ClN3O/c1-5-2-6(5)7-3-9(7)14-11-13-4-8(12)10(16)15-11/h4-7,9H,2-3H2,1H3,(H2,13,14,15,16)/t5-,6-,7+,9-/m1/s1. The first kappa shape index (κ1) is 10.1. The lowest BCUT2D eigenvalue weighted by Gasteiger charge is -2.03. The Morgan fingerprint density at radius 1 is 1.50 bits per heavy atom. The van der Waals surface area contributed by atoms with E-state index in [0.717, 1.165) is 17.8 Å². The summed E-state index contributed by atoms with van der Waals surface area (Å²) >= 11 is 5.61. The Kier molecular flexibility index (Phi) is 2.21. The van der Waals surface area contributed by atoms with E-state index in [1.165, 1.54) is 19.0 Å². The van der Waals surface area contributed by atoms with Gasteiger partial charge in [0.2, 0.25) is 5.95 Å². The summed E-state index contributed by atoms with van der Waals surface area (Å²) in [5.74, 6) is 3.08. The smallest absolute Gasteiger partial charge is 0.271 e. The van der Waals surface area contributed by atoms with Crippen LogP contribution in [-0.2, 0) is 0 Å². The highest BCUT2D eigenvalue weighted by Gasteiger charge is 2.51. The number of aromatic nitrogens is 2. The predicted molar refractivity (Wildman–Crippen MR) is 62.7 cm³/mol. The molecule has 5 heteroatoms. The van der Waals surface area contributed by atoms with Crippen LogP contribution in [-0.4, -0.2) is 16.0 Å². The van der Waals surface area contributed by atoms with Gasteiger partial charge in [-0.15, -0.1) is 0 Å². The quantitative estimate of drug-likeness (QED) is 0.847. The zero-order chi connectivity index (χ0) is 11.3. The van der Waals surface area contributed by atoms with Crippen LogP contribution >= 0.6 is 11.6 Å². The Balaban J connectivity index is 1.63. The zero-order valence-electron chi connectivity index (χ0n) is 9.03. The van der Waals surface area contributed by atoms with Crippen molar-refractivity contribution in [2.24, 2.45) is 17.8 Å². The Hall–Kier alpha value is -1.03. The third kappa shape index (κ3) is 1.82. The molecular formula is C11H14ClN3O. The fraction of sp³-hybridized carbons (Fsp3) is 0.636. The van der Waals surface area contributed by atoms with Crippen LogP contribution in [0.15, 0.2) is 11.0 Å². The molecule has 1 aromatic heterocycles. The van der Waals surface area contributed by atoms with Gasteiger partial charge in [0.05, 0.1) is 6.20 Å². The molecule has 0 aromatic carbocycles. The minimum absolute atomic E-state index is 0.133. The summed E-state index contributed by atoms with van der Waals surface area (Å²) in [6.45, 7) is 2.29. The maximum absolute atomic E-state index is 11.3. The summed E-state index contributed by atoms with van der Waals surface area (Å²) < 4.78 is 0. The van der Waals surface area contributed by atoms with E-state index in [4.69, 9.17) is 11.6 Å². The lowest BCUT2D eigenvalue weighted by atomic mass is 10.2. The fourth-order valence-corrected chi connectivity index (χ4v) is 2.53. The second-order valence-electron chi connectivity index (χ2n) is 4.94. The van der Waals surface area contributed by atoms with Crippen molar-refractivity contribution in [1.82, 2.24) is 9.97 Å². The molecule has 0 spiro atoms. The van der Waals surface area contributed by atoms with Gasteiger partial charge in [0, 0.05) is 6.04 Å². The summed E-state index contributed by atoms with van der Waals surface area (Å²) in [6.07, 6.45) is 3.94. The Labute approximate surface area is 98.4 Å². The first-order valence-electron chi connectivity index (χ1n) is 5.66. The van der Waals surface area contributed by atoms with Crippen molar-refractivity contribution in [3.63, 3.8) is 0 Å². The van der Waals surface area contributed by atoms with E-state index in [9.17, 15) is 4.79 Å². The van der Waals surface area contributed by atoms with Crippen LogP contribution in [0.3, 0.4) is 0 Å². The number of halogens is 1. The third-order valence-electron chi connectivity index (χ3n) is 3.64. The third-order valence-corrected chi connectivity index (χ3v) is 3.91. The SMILES string of the molecule is C[C@@H]1C[C@H]1[C@@H]1C[C@H]1Nc1ncc(Cl)c(=O)[nH]1. The fourth-order valence-electron chi connectivity index (χ4n) is 2.43. The molecule has 16 heavy (non-hydrogen) atoms. The van der Waals surface area contributed by atoms with Crippen molar-refractivity contribution in [2.75, 3.05) is 5.32 Å². The molecule has 2 N–H and O–H groups in total. The first-order chi connectivity index (χ1) is 7.65. The molecule has 2 aliphatic carbocycles. The number of rotatable bonds is 3. The predicted octanol–water partition coefficient (Wildman–Crippen LogP) is 1.88. The minimum atomic E-state index is -0.281. The van der Waals surface area contributed by atoms with Gasteiger partial charge in [-0.1, -0.05) is 18.5 Å². The van der Waals surface area contributed by atoms with Crippen molar-refractivity contribution >= 4 is 17.5 Å². The van der Waals surface area contributed by atoms with E-state index >= 15 is 0 Å². The van der Waals surface area contributed by atoms with Gasteiger partial charge < -0.3 is 5.32 Å². The van der Waals surface area contributed by atoms with Gasteiger partial charge in [-0.25, -0.2) is 4.98 Å². The van der Waals surface area contributed by atoms with Gasteiger partial charge in [-0.05, 0) is 30.6 Å². The molecule has 3 rings (SSSR count). The van der Waals surface area contributed by atoms with Crippen molar-refractivity contribution in [3.05, 3.63) is 21.6 Å². The second kappa shape index (κ2) is 3.48. The summed E-state index contributed by atoms with van der Waals surface area (Å²) in [7, 11) is 0. The summed E-state index contributed by atoms with van der Waals surface area (Å²) in [6, 6.07) is 0.485. The van der Waals surface area contributed by atoms with Gasteiger partial charge >= 0.3 is 0 Å². The molecule has 0 radical (unpaired) electrons. The van der Waals surface area contributed by atoms with Crippen LogP contribution in [0, 0.1) is 17.8 Å². The van der Waals surface area contributed by atoms with Crippen molar-refractivity contribution in [1.29, 1.82) is 0 Å². The maximum Gasteiger partial charge on any atom is 0.271 e. The van der Waals surface area contributed by atoms with Crippen LogP contribution in [0.5, 0.6) is 0 Å². The molecule has 0 amide bonds. The van der Waals surface area contributed by atoms with E-state index in [2.05, 4.69) is 22.2 Å². The minimum Gasteiger partial charge on any atom is -0.353 e. The molecule has 1 heterocycles. The van der Waals surface area contributed by atoms with Crippen LogP contribution in [0.1, 0.15) is 19.8 Å². The van der Waals surface area contributed by atoms with Crippen LogP contribution < -0.4 is 10.9 Å². The van der Waals surface area contributed by atoms with E-state index in [1.807, 2.05) is 0 Å². The number of hydrogen-bond acceptors (Lipinski definition) is 3. The monoisotopic (exact) mass is 239 g/mol. The molecule has 4 nitrogen and oxygen atoms in total. The number of nitrogens with zero attached hydrogens (tertiary/aromatic N) is 1. The lowest BCUT2D eigenvalue weighted by molar-refractivity contribution is 0.643. The van der Waals surface area contributed by atoms with E-state index in [0.29, 0.717) is 12.0 Å². The van der Waals surface area contributed by atoms with Gasteiger partial charge in [0.1, 0.15) is 5.02 Å². The molecule has 0 unspecified atom stereocenters. The second-order valence-corrected chi connectivity index (χ2v) is 5.34. The number of nitrogens with one attached hydrogen (secondary N) is 2. The summed E-state index contributed by atoms with van der Waals surface area (Å²) in [5.41, 5.74) is -0.281. The van der Waals surface area contributed by atoms with E-state index in [1.54, 1.807) is 0 Å². The average molecular weight is 240 g/mol. The Bertz CT molecular complexity index is 473. The number of anilines is 1. The summed E-state index contributed by atoms with van der Waals surface area (Å²) in [4.78, 5) is 17.9. The van der Waals surface area contributed by atoms with Crippen LogP contribution in [0.25, 0.3) is 0 Å². The van der Waals surface area contributed by atoms with Gasteiger partial charge in [-0.2, -0.15) is 0 Å². The molecule has 2 fully saturated rings. The molecule has 86 valence electrons. The zero-order valence-corrected chi connectivity index (χ0v) is 9.79. The van der Waals surface area contributed by atoms with Crippen LogP contribution in [0.4, 0.5) is 5.95 Å². The molecule has 2 aliphatic rings. The molecule has 0 bridgehead atoms. The van der Waals surface area contributed by atoms with E-state index < -0.39 is 0 Å². The van der Waals surface area contributed by atoms with Gasteiger partial charge in [0.25, 0.3) is 5.56 Å². The first-order valence-corrected chi connectivity index (χ1v) is 6.04. The lowest BCUT2D eigenvalue weighted by Crippen LogP contribution is -2.15. The molecular weight excluding hydrogens is 226 g/mol. The maximum atomic E-state index is 11.3. The highest BCUT2D eigenvalue weighted by molar-refractivity contribution is 6.30. The topological polar surface area (TPSA) is 57.8 Å². The highest BCUT2D eigenvalue weighted by atomic mass is 35.5. The summed E-state index contributed by atoms with van der Waals surface area (Å²) in [5, 5.41) is 3.38. The van der Waals surface area contributed by atoms with Crippen molar-refractivity contribution in [3.8, 4) is 0 Å². The molecule has 0 aliphatic heterocycles. The molecule has 0 saturated heterocycles. The van der Waals surface area contributed by atoms with E-state index in [-0.39, 0.29) is 10.6 Å². The number of aromatic amines is 1. The molecule has 2 saturated carbocycles. The highest BCUT2D eigenvalue weighted by Crippen LogP contribution is 2.54. The van der Waals surface area contributed by atoms with Crippen molar-refractivity contribution in [2.45, 2.75) is 25.8 Å². The molecule has 1 aromatic rings. The van der Waals surface area contributed by atoms with Gasteiger partial charge in [0.15, 0.2) is 0 Å². The number of hydrogen-bond donors (Lipinski definition) is 2. The largest absolute Gasteiger partial charge is 0.353 e.